The van der Waals surface area contributed by atoms with Gasteiger partial charge in [-0.05, 0) is 93.0 Å². The van der Waals surface area contributed by atoms with Crippen molar-refractivity contribution in [2.24, 2.45) is 0 Å². The van der Waals surface area contributed by atoms with E-state index in [9.17, 15) is 4.79 Å². The van der Waals surface area contributed by atoms with E-state index in [1.54, 1.807) is 0 Å². The van der Waals surface area contributed by atoms with Gasteiger partial charge < -0.3 is 9.47 Å². The molecule has 7 rings (SSSR count). The molecule has 3 aliphatic heterocycles. The van der Waals surface area contributed by atoms with E-state index >= 15 is 0 Å². The molecule has 0 aliphatic carbocycles. The molecule has 5 nitrogen and oxygen atoms in total. The molecule has 1 amide bonds. The molecule has 0 spiro atoms. The summed E-state index contributed by atoms with van der Waals surface area (Å²) in [6.07, 6.45) is 8.16. The molecular formula is C33H37ClN4OS. The topological polar surface area (TPSA) is 41.4 Å². The highest BCUT2D eigenvalue weighted by Gasteiger charge is 2.44. The lowest BCUT2D eigenvalue weighted by atomic mass is 9.70. The van der Waals surface area contributed by atoms with Gasteiger partial charge in [0, 0.05) is 31.2 Å². The number of likely N-dealkylation sites (tertiary alicyclic amines) is 1. The van der Waals surface area contributed by atoms with Crippen LogP contribution in [-0.2, 0) is 5.41 Å². The number of benzene rings is 2. The van der Waals surface area contributed by atoms with Crippen molar-refractivity contribution >= 4 is 39.9 Å². The third kappa shape index (κ3) is 4.58. The molecular weight excluding hydrogens is 536 g/mol. The first-order valence-electron chi connectivity index (χ1n) is 14.8. The molecule has 0 radical (unpaired) electrons. The SMILES string of the molecule is Cc1nc2ccccc2n1[C@H]1C[C@H]2CC[C@@H](C1)N2CCC1(c2ccccc2)CCN(C(=O)c2sccc2Cl)CC1. The Labute approximate surface area is 245 Å². The van der Waals surface area contributed by atoms with Gasteiger partial charge in [0.25, 0.3) is 5.91 Å². The van der Waals surface area contributed by atoms with Gasteiger partial charge in [-0.2, -0.15) is 0 Å². The van der Waals surface area contributed by atoms with Crippen LogP contribution < -0.4 is 0 Å². The summed E-state index contributed by atoms with van der Waals surface area (Å²) in [5.41, 5.74) is 3.93. The summed E-state index contributed by atoms with van der Waals surface area (Å²) in [5, 5.41) is 2.48. The second kappa shape index (κ2) is 10.6. The number of fused-ring (bicyclic) bond motifs is 3. The van der Waals surface area contributed by atoms with Gasteiger partial charge in [0.15, 0.2) is 0 Å². The molecule has 5 heterocycles. The van der Waals surface area contributed by atoms with Crippen molar-refractivity contribution in [2.75, 3.05) is 19.6 Å². The average molecular weight is 573 g/mol. The van der Waals surface area contributed by atoms with Crippen LogP contribution in [0.3, 0.4) is 0 Å². The summed E-state index contributed by atoms with van der Waals surface area (Å²) in [6.45, 7) is 4.86. The zero-order valence-corrected chi connectivity index (χ0v) is 24.7. The predicted molar refractivity (Wildman–Crippen MR) is 163 cm³/mol. The second-order valence-corrected chi connectivity index (χ2v) is 13.4. The fourth-order valence-electron chi connectivity index (χ4n) is 7.99. The highest BCUT2D eigenvalue weighted by atomic mass is 35.5. The minimum atomic E-state index is 0.0871. The summed E-state index contributed by atoms with van der Waals surface area (Å²) >= 11 is 7.76. The van der Waals surface area contributed by atoms with Crippen molar-refractivity contribution in [3.63, 3.8) is 0 Å². The van der Waals surface area contributed by atoms with Crippen LogP contribution in [0.1, 0.15) is 72.0 Å². The van der Waals surface area contributed by atoms with Crippen LogP contribution in [0.5, 0.6) is 0 Å². The van der Waals surface area contributed by atoms with E-state index < -0.39 is 0 Å². The Morgan fingerprint density at radius 3 is 2.38 bits per heavy atom. The lowest BCUT2D eigenvalue weighted by Crippen LogP contribution is -2.49. The van der Waals surface area contributed by atoms with Gasteiger partial charge in [-0.25, -0.2) is 4.98 Å². The zero-order valence-electron chi connectivity index (χ0n) is 23.1. The Morgan fingerprint density at radius 2 is 1.68 bits per heavy atom. The van der Waals surface area contributed by atoms with E-state index in [1.165, 1.54) is 48.1 Å². The molecule has 3 aliphatic rings. The number of aryl methyl sites for hydroxylation is 1. The first-order chi connectivity index (χ1) is 19.5. The third-order valence-corrected chi connectivity index (χ3v) is 11.4. The van der Waals surface area contributed by atoms with E-state index in [0.717, 1.165) is 50.2 Å². The van der Waals surface area contributed by atoms with E-state index in [0.29, 0.717) is 28.0 Å². The lowest BCUT2D eigenvalue weighted by Gasteiger charge is -2.45. The van der Waals surface area contributed by atoms with Crippen LogP contribution in [0.15, 0.2) is 66.0 Å². The minimum Gasteiger partial charge on any atom is -0.338 e. The van der Waals surface area contributed by atoms with E-state index in [4.69, 9.17) is 16.6 Å². The smallest absolute Gasteiger partial charge is 0.265 e. The third-order valence-electron chi connectivity index (χ3n) is 10.1. The first kappa shape index (κ1) is 26.2. The van der Waals surface area contributed by atoms with E-state index in [-0.39, 0.29) is 11.3 Å². The number of rotatable bonds is 6. The number of carbonyl (C=O) groups is 1. The van der Waals surface area contributed by atoms with Crippen LogP contribution >= 0.6 is 22.9 Å². The fourth-order valence-corrected chi connectivity index (χ4v) is 9.10. The molecule has 7 heteroatoms. The monoisotopic (exact) mass is 572 g/mol. The van der Waals surface area contributed by atoms with Crippen molar-refractivity contribution in [2.45, 2.75) is 75.4 Å². The molecule has 2 aromatic heterocycles. The first-order valence-corrected chi connectivity index (χ1v) is 16.1. The highest BCUT2D eigenvalue weighted by molar-refractivity contribution is 7.12. The molecule has 2 aromatic carbocycles. The molecule has 208 valence electrons. The van der Waals surface area contributed by atoms with E-state index in [1.807, 2.05) is 16.3 Å². The molecule has 0 N–H and O–H groups in total. The Bertz CT molecular complexity index is 1490. The lowest BCUT2D eigenvalue weighted by molar-refractivity contribution is 0.0611. The molecule has 0 unspecified atom stereocenters. The maximum absolute atomic E-state index is 13.2. The number of piperidine rings is 2. The van der Waals surface area contributed by atoms with Crippen LogP contribution in [-0.4, -0.2) is 57.0 Å². The van der Waals surface area contributed by atoms with Gasteiger partial charge in [-0.15, -0.1) is 11.3 Å². The number of hydrogen-bond acceptors (Lipinski definition) is 4. The number of nitrogens with zero attached hydrogens (tertiary/aromatic N) is 4. The number of halogens is 1. The number of carbonyl (C=O) groups excluding carboxylic acids is 1. The molecule has 2 bridgehead atoms. The maximum Gasteiger partial charge on any atom is 0.265 e. The number of para-hydroxylation sites is 2. The summed E-state index contributed by atoms with van der Waals surface area (Å²) < 4.78 is 2.52. The summed E-state index contributed by atoms with van der Waals surface area (Å²) in [4.78, 5) is 23.6. The summed E-state index contributed by atoms with van der Waals surface area (Å²) in [5.74, 6) is 1.23. The van der Waals surface area contributed by atoms with Crippen molar-refractivity contribution in [1.29, 1.82) is 0 Å². The van der Waals surface area contributed by atoms with Gasteiger partial charge in [0.05, 0.1) is 16.1 Å². The zero-order chi connectivity index (χ0) is 27.3. The average Bonchev–Trinajstić information content (AvgIpc) is 3.63. The fraction of sp³-hybridized carbons (Fsp3) is 0.455. The normalized spacial score (nSPS) is 24.6. The molecule has 0 saturated carbocycles. The summed E-state index contributed by atoms with van der Waals surface area (Å²) in [7, 11) is 0. The van der Waals surface area contributed by atoms with Crippen LogP contribution in [0, 0.1) is 6.92 Å². The van der Waals surface area contributed by atoms with E-state index in [2.05, 4.69) is 71.0 Å². The van der Waals surface area contributed by atoms with Gasteiger partial charge in [0.2, 0.25) is 0 Å². The van der Waals surface area contributed by atoms with Gasteiger partial charge in [0.1, 0.15) is 10.7 Å². The second-order valence-electron chi connectivity index (χ2n) is 12.1. The summed E-state index contributed by atoms with van der Waals surface area (Å²) in [6, 6.07) is 23.3. The van der Waals surface area contributed by atoms with Crippen molar-refractivity contribution in [3.8, 4) is 0 Å². The molecule has 4 aromatic rings. The Morgan fingerprint density at radius 1 is 0.975 bits per heavy atom. The van der Waals surface area contributed by atoms with Crippen molar-refractivity contribution in [1.82, 2.24) is 19.4 Å². The van der Waals surface area contributed by atoms with Crippen LogP contribution in [0.4, 0.5) is 0 Å². The van der Waals surface area contributed by atoms with Crippen molar-refractivity contribution in [3.05, 3.63) is 87.3 Å². The van der Waals surface area contributed by atoms with Crippen molar-refractivity contribution < 1.29 is 4.79 Å². The molecule has 3 saturated heterocycles. The number of imidazole rings is 1. The standard InChI is InChI=1S/C33H37ClN4OS/c1-23-35-29-9-5-6-10-30(29)38(23)27-21-25-11-12-26(22-27)37(25)19-16-33(24-7-3-2-4-8-24)14-17-36(18-15-33)32(39)31-28(34)13-20-40-31/h2-10,13,20,25-27H,11-12,14-19,21-22H2,1H3/t25-,26+,27+. The number of amides is 1. The highest BCUT2D eigenvalue weighted by Crippen LogP contribution is 2.45. The van der Waals surface area contributed by atoms with Crippen LogP contribution in [0.25, 0.3) is 11.0 Å². The molecule has 3 fully saturated rings. The quantitative estimate of drug-likeness (QED) is 0.240. The molecule has 3 atom stereocenters. The minimum absolute atomic E-state index is 0.0871. The molecule has 40 heavy (non-hydrogen) atoms. The number of hydrogen-bond donors (Lipinski definition) is 0. The van der Waals surface area contributed by atoms with Gasteiger partial charge in [-0.1, -0.05) is 54.1 Å². The number of thiophene rings is 1. The predicted octanol–water partition coefficient (Wildman–Crippen LogP) is 7.49. The Hall–Kier alpha value is -2.67. The largest absolute Gasteiger partial charge is 0.338 e. The Balaban J connectivity index is 1.07. The number of aromatic nitrogens is 2. The van der Waals surface area contributed by atoms with Gasteiger partial charge in [-0.3, -0.25) is 9.69 Å². The van der Waals surface area contributed by atoms with Gasteiger partial charge >= 0.3 is 0 Å². The van der Waals surface area contributed by atoms with Crippen LogP contribution in [0.2, 0.25) is 5.02 Å². The maximum atomic E-state index is 13.2. The Kier molecular flexibility index (Phi) is 6.97.